The molecule has 2 fully saturated rings. The first kappa shape index (κ1) is 11.4. The minimum Gasteiger partial charge on any atom is -0.373 e. The smallest absolute Gasteiger partial charge is 0.0901 e. The van der Waals surface area contributed by atoms with E-state index in [-0.39, 0.29) is 5.60 Å². The van der Waals surface area contributed by atoms with Crippen molar-refractivity contribution >= 4 is 0 Å². The van der Waals surface area contributed by atoms with Crippen LogP contribution >= 0.6 is 0 Å². The Hall–Kier alpha value is -0.120. The molecular formula is C12H24N2O. The van der Waals surface area contributed by atoms with Crippen molar-refractivity contribution in [2.75, 3.05) is 33.3 Å². The Labute approximate surface area is 93.2 Å². The number of nitrogens with zero attached hydrogens (tertiary/aromatic N) is 1. The van der Waals surface area contributed by atoms with Crippen molar-refractivity contribution in [2.24, 2.45) is 0 Å². The lowest BCUT2D eigenvalue weighted by Crippen LogP contribution is -2.59. The third kappa shape index (κ3) is 2.92. The zero-order chi connectivity index (χ0) is 10.7. The fourth-order valence-corrected chi connectivity index (χ4v) is 2.53. The Morgan fingerprint density at radius 2 is 2.20 bits per heavy atom. The van der Waals surface area contributed by atoms with Gasteiger partial charge in [0, 0.05) is 25.7 Å². The van der Waals surface area contributed by atoms with Crippen LogP contribution in [-0.2, 0) is 4.74 Å². The van der Waals surface area contributed by atoms with Crippen LogP contribution in [0.3, 0.4) is 0 Å². The highest BCUT2D eigenvalue weighted by atomic mass is 16.5. The van der Waals surface area contributed by atoms with Crippen molar-refractivity contribution < 1.29 is 4.74 Å². The topological polar surface area (TPSA) is 24.5 Å². The van der Waals surface area contributed by atoms with Crippen LogP contribution in [-0.4, -0.2) is 49.8 Å². The first-order chi connectivity index (χ1) is 7.20. The zero-order valence-corrected chi connectivity index (χ0v) is 10.1. The van der Waals surface area contributed by atoms with Gasteiger partial charge in [0.25, 0.3) is 0 Å². The van der Waals surface area contributed by atoms with Crippen molar-refractivity contribution in [1.29, 1.82) is 0 Å². The molecule has 0 aromatic carbocycles. The van der Waals surface area contributed by atoms with Crippen molar-refractivity contribution in [2.45, 2.75) is 44.2 Å². The number of nitrogens with one attached hydrogen (secondary N) is 1. The number of likely N-dealkylation sites (tertiary alicyclic amines) is 1. The summed E-state index contributed by atoms with van der Waals surface area (Å²) in [6, 6.07) is 0.760. The molecule has 88 valence electrons. The van der Waals surface area contributed by atoms with Gasteiger partial charge < -0.3 is 15.0 Å². The Balaban J connectivity index is 1.64. The van der Waals surface area contributed by atoms with Gasteiger partial charge >= 0.3 is 0 Å². The molecule has 0 amide bonds. The second kappa shape index (κ2) is 4.81. The highest BCUT2D eigenvalue weighted by molar-refractivity contribution is 4.90. The molecule has 1 atom stereocenters. The molecule has 0 aliphatic carbocycles. The number of ether oxygens (including phenoxy) is 1. The van der Waals surface area contributed by atoms with E-state index in [1.54, 1.807) is 0 Å². The van der Waals surface area contributed by atoms with Crippen LogP contribution in [0.15, 0.2) is 0 Å². The summed E-state index contributed by atoms with van der Waals surface area (Å²) in [5.41, 5.74) is 0.132. The molecule has 0 bridgehead atoms. The van der Waals surface area contributed by atoms with Gasteiger partial charge in [-0.25, -0.2) is 0 Å². The molecule has 3 heteroatoms. The van der Waals surface area contributed by atoms with Crippen molar-refractivity contribution in [3.05, 3.63) is 0 Å². The van der Waals surface area contributed by atoms with Gasteiger partial charge in [-0.1, -0.05) is 6.42 Å². The van der Waals surface area contributed by atoms with Crippen LogP contribution in [0.1, 0.15) is 32.6 Å². The summed E-state index contributed by atoms with van der Waals surface area (Å²) in [6.07, 6.45) is 5.32. The Kier molecular flexibility index (Phi) is 3.65. The largest absolute Gasteiger partial charge is 0.373 e. The SMILES string of the molecule is CN1CCCCC1CCOC1(C)CNC1. The summed E-state index contributed by atoms with van der Waals surface area (Å²) >= 11 is 0. The first-order valence-electron chi connectivity index (χ1n) is 6.25. The molecule has 2 aliphatic rings. The van der Waals surface area contributed by atoms with Crippen molar-refractivity contribution in [1.82, 2.24) is 10.2 Å². The van der Waals surface area contributed by atoms with E-state index in [9.17, 15) is 0 Å². The minimum atomic E-state index is 0.132. The fourth-order valence-electron chi connectivity index (χ4n) is 2.53. The highest BCUT2D eigenvalue weighted by Crippen LogP contribution is 2.20. The summed E-state index contributed by atoms with van der Waals surface area (Å²) in [5.74, 6) is 0. The number of hydrogen-bond acceptors (Lipinski definition) is 3. The standard InChI is InChI=1S/C12H24N2O/c1-12(9-13-10-12)15-8-6-11-5-3-4-7-14(11)2/h11,13H,3-10H2,1-2H3. The molecule has 0 spiro atoms. The van der Waals surface area contributed by atoms with Gasteiger partial charge in [0.1, 0.15) is 0 Å². The van der Waals surface area contributed by atoms with E-state index in [4.69, 9.17) is 4.74 Å². The zero-order valence-electron chi connectivity index (χ0n) is 10.1. The lowest BCUT2D eigenvalue weighted by molar-refractivity contribution is -0.0729. The van der Waals surface area contributed by atoms with Crippen molar-refractivity contribution in [3.63, 3.8) is 0 Å². The van der Waals surface area contributed by atoms with Crippen LogP contribution in [0.25, 0.3) is 0 Å². The Morgan fingerprint density at radius 3 is 2.80 bits per heavy atom. The molecule has 1 N–H and O–H groups in total. The van der Waals surface area contributed by atoms with Gasteiger partial charge in [0.15, 0.2) is 0 Å². The predicted octanol–water partition coefficient (Wildman–Crippen LogP) is 1.24. The second-order valence-corrected chi connectivity index (χ2v) is 5.32. The van der Waals surface area contributed by atoms with Gasteiger partial charge in [-0.2, -0.15) is 0 Å². The summed E-state index contributed by atoms with van der Waals surface area (Å²) < 4.78 is 5.93. The maximum atomic E-state index is 5.93. The van der Waals surface area contributed by atoms with Crippen LogP contribution in [0, 0.1) is 0 Å². The van der Waals surface area contributed by atoms with E-state index in [1.807, 2.05) is 0 Å². The normalized spacial score (nSPS) is 31.2. The summed E-state index contributed by atoms with van der Waals surface area (Å²) in [4.78, 5) is 2.49. The quantitative estimate of drug-likeness (QED) is 0.759. The van der Waals surface area contributed by atoms with Crippen LogP contribution < -0.4 is 5.32 Å². The van der Waals surface area contributed by atoms with Crippen LogP contribution in [0.2, 0.25) is 0 Å². The van der Waals surface area contributed by atoms with Crippen LogP contribution in [0.5, 0.6) is 0 Å². The minimum absolute atomic E-state index is 0.132. The number of rotatable bonds is 4. The lowest BCUT2D eigenvalue weighted by Gasteiger charge is -2.40. The van der Waals surface area contributed by atoms with E-state index in [2.05, 4.69) is 24.2 Å². The van der Waals surface area contributed by atoms with Gasteiger partial charge in [-0.3, -0.25) is 0 Å². The summed E-state index contributed by atoms with van der Waals surface area (Å²) in [5, 5.41) is 3.26. The molecule has 2 heterocycles. The molecule has 0 saturated carbocycles. The van der Waals surface area contributed by atoms with Gasteiger partial charge in [-0.15, -0.1) is 0 Å². The highest BCUT2D eigenvalue weighted by Gasteiger charge is 2.32. The molecule has 2 saturated heterocycles. The summed E-state index contributed by atoms with van der Waals surface area (Å²) in [6.45, 7) is 6.44. The molecule has 1 unspecified atom stereocenters. The average Bonchev–Trinajstić information content (AvgIpc) is 2.18. The maximum absolute atomic E-state index is 5.93. The van der Waals surface area contributed by atoms with Gasteiger partial charge in [0.05, 0.1) is 5.60 Å². The molecule has 2 aliphatic heterocycles. The molecule has 2 rings (SSSR count). The third-order valence-electron chi connectivity index (χ3n) is 3.82. The van der Waals surface area contributed by atoms with Gasteiger partial charge in [-0.05, 0) is 39.8 Å². The van der Waals surface area contributed by atoms with E-state index in [0.29, 0.717) is 0 Å². The molecule has 0 aromatic rings. The molecule has 0 radical (unpaired) electrons. The molecule has 0 aromatic heterocycles. The van der Waals surface area contributed by atoms with Gasteiger partial charge in [0.2, 0.25) is 0 Å². The summed E-state index contributed by atoms with van der Waals surface area (Å²) in [7, 11) is 2.25. The van der Waals surface area contributed by atoms with E-state index in [0.717, 1.165) is 25.7 Å². The third-order valence-corrected chi connectivity index (χ3v) is 3.82. The Bertz CT molecular complexity index is 204. The van der Waals surface area contributed by atoms with E-state index in [1.165, 1.54) is 32.2 Å². The first-order valence-corrected chi connectivity index (χ1v) is 6.25. The predicted molar refractivity (Wildman–Crippen MR) is 62.1 cm³/mol. The van der Waals surface area contributed by atoms with Crippen molar-refractivity contribution in [3.8, 4) is 0 Å². The molecule has 15 heavy (non-hydrogen) atoms. The Morgan fingerprint density at radius 1 is 1.40 bits per heavy atom. The van der Waals surface area contributed by atoms with E-state index >= 15 is 0 Å². The van der Waals surface area contributed by atoms with Crippen LogP contribution in [0.4, 0.5) is 0 Å². The maximum Gasteiger partial charge on any atom is 0.0901 e. The average molecular weight is 212 g/mol. The molecular weight excluding hydrogens is 188 g/mol. The monoisotopic (exact) mass is 212 g/mol. The molecule has 3 nitrogen and oxygen atoms in total. The van der Waals surface area contributed by atoms with E-state index < -0.39 is 0 Å². The second-order valence-electron chi connectivity index (χ2n) is 5.32. The lowest BCUT2D eigenvalue weighted by atomic mass is 9.98. The fraction of sp³-hybridized carbons (Fsp3) is 1.00. The number of piperidine rings is 1. The number of hydrogen-bond donors (Lipinski definition) is 1.